The molecule has 1 aromatic carbocycles. The normalized spacial score (nSPS) is 14.5. The Hall–Kier alpha value is -1.02. The minimum absolute atomic E-state index is 0.121. The van der Waals surface area contributed by atoms with Crippen molar-refractivity contribution in [1.29, 1.82) is 0 Å². The first-order valence-electron chi connectivity index (χ1n) is 6.14. The van der Waals surface area contributed by atoms with Crippen LogP contribution >= 0.6 is 0 Å². The Kier molecular flexibility index (Phi) is 5.33. The lowest BCUT2D eigenvalue weighted by atomic mass is 10.0. The lowest BCUT2D eigenvalue weighted by molar-refractivity contribution is 0.250. The number of aryl methyl sites for hydroxylation is 1. The van der Waals surface area contributed by atoms with Crippen molar-refractivity contribution in [3.05, 3.63) is 29.8 Å². The number of benzene rings is 1. The molecule has 0 aliphatic rings. The third-order valence-electron chi connectivity index (χ3n) is 3.12. The zero-order valence-corrected chi connectivity index (χ0v) is 10.6. The minimum Gasteiger partial charge on any atom is -0.492 e. The Morgan fingerprint density at radius 3 is 2.69 bits per heavy atom. The number of nitrogens with two attached hydrogens (primary N) is 1. The molecule has 16 heavy (non-hydrogen) atoms. The van der Waals surface area contributed by atoms with E-state index in [1.807, 2.05) is 12.1 Å². The summed E-state index contributed by atoms with van der Waals surface area (Å²) in [6.07, 6.45) is 2.13. The molecule has 2 unspecified atom stereocenters. The monoisotopic (exact) mass is 221 g/mol. The number of ether oxygens (including phenoxy) is 1. The van der Waals surface area contributed by atoms with Crippen LogP contribution in [0.2, 0.25) is 0 Å². The third kappa shape index (κ3) is 3.86. The third-order valence-corrected chi connectivity index (χ3v) is 3.12. The highest BCUT2D eigenvalue weighted by atomic mass is 16.5. The molecule has 2 atom stereocenters. The summed E-state index contributed by atoms with van der Waals surface area (Å²) >= 11 is 0. The van der Waals surface area contributed by atoms with Crippen LogP contribution in [0.15, 0.2) is 24.3 Å². The molecular weight excluding hydrogens is 198 g/mol. The summed E-state index contributed by atoms with van der Waals surface area (Å²) in [6.45, 7) is 7.06. The average molecular weight is 221 g/mol. The molecule has 1 rings (SSSR count). The highest BCUT2D eigenvalue weighted by molar-refractivity contribution is 5.28. The van der Waals surface area contributed by atoms with Gasteiger partial charge in [0.25, 0.3) is 0 Å². The maximum atomic E-state index is 6.02. The Morgan fingerprint density at radius 1 is 1.31 bits per heavy atom. The molecule has 0 radical (unpaired) electrons. The standard InChI is InChI=1S/C14H23NO/c1-4-11(3)14(15)10-16-13-8-6-7-12(5-2)9-13/h6-9,11,14H,4-5,10,15H2,1-3H3. The topological polar surface area (TPSA) is 35.2 Å². The lowest BCUT2D eigenvalue weighted by Crippen LogP contribution is -2.34. The Morgan fingerprint density at radius 2 is 2.06 bits per heavy atom. The first-order valence-corrected chi connectivity index (χ1v) is 6.14. The quantitative estimate of drug-likeness (QED) is 0.801. The van der Waals surface area contributed by atoms with Crippen LogP contribution < -0.4 is 10.5 Å². The van der Waals surface area contributed by atoms with Gasteiger partial charge in [0, 0.05) is 6.04 Å². The predicted octanol–water partition coefficient (Wildman–Crippen LogP) is 3.00. The molecule has 0 amide bonds. The van der Waals surface area contributed by atoms with Gasteiger partial charge in [0.1, 0.15) is 12.4 Å². The van der Waals surface area contributed by atoms with E-state index < -0.39 is 0 Å². The van der Waals surface area contributed by atoms with Crippen LogP contribution in [0.4, 0.5) is 0 Å². The van der Waals surface area contributed by atoms with Crippen molar-refractivity contribution in [2.24, 2.45) is 11.7 Å². The summed E-state index contributed by atoms with van der Waals surface area (Å²) in [4.78, 5) is 0. The van der Waals surface area contributed by atoms with Crippen LogP contribution in [-0.4, -0.2) is 12.6 Å². The molecule has 0 aliphatic heterocycles. The summed E-state index contributed by atoms with van der Waals surface area (Å²) in [5.41, 5.74) is 7.32. The van der Waals surface area contributed by atoms with Crippen molar-refractivity contribution < 1.29 is 4.74 Å². The summed E-state index contributed by atoms with van der Waals surface area (Å²) < 4.78 is 5.71. The van der Waals surface area contributed by atoms with Gasteiger partial charge in [-0.15, -0.1) is 0 Å². The van der Waals surface area contributed by atoms with Gasteiger partial charge >= 0.3 is 0 Å². The van der Waals surface area contributed by atoms with Crippen LogP contribution in [0.5, 0.6) is 5.75 Å². The molecule has 0 saturated carbocycles. The highest BCUT2D eigenvalue weighted by Crippen LogP contribution is 2.15. The van der Waals surface area contributed by atoms with E-state index in [-0.39, 0.29) is 6.04 Å². The summed E-state index contributed by atoms with van der Waals surface area (Å²) in [5.74, 6) is 1.44. The van der Waals surface area contributed by atoms with Gasteiger partial charge in [-0.25, -0.2) is 0 Å². The van der Waals surface area contributed by atoms with Crippen LogP contribution in [-0.2, 0) is 6.42 Å². The number of hydrogen-bond acceptors (Lipinski definition) is 2. The Balaban J connectivity index is 2.47. The van der Waals surface area contributed by atoms with Crippen LogP contribution in [0.3, 0.4) is 0 Å². The van der Waals surface area contributed by atoms with E-state index in [4.69, 9.17) is 10.5 Å². The van der Waals surface area contributed by atoms with Crippen molar-refractivity contribution >= 4 is 0 Å². The molecule has 90 valence electrons. The van der Waals surface area contributed by atoms with E-state index in [1.165, 1.54) is 5.56 Å². The van der Waals surface area contributed by atoms with Crippen molar-refractivity contribution in [2.75, 3.05) is 6.61 Å². The first-order chi connectivity index (χ1) is 7.67. The van der Waals surface area contributed by atoms with Crippen molar-refractivity contribution in [3.8, 4) is 5.75 Å². The fourth-order valence-electron chi connectivity index (χ4n) is 1.51. The zero-order chi connectivity index (χ0) is 12.0. The molecule has 0 fully saturated rings. The fourth-order valence-corrected chi connectivity index (χ4v) is 1.51. The molecule has 2 N–H and O–H groups in total. The SMILES string of the molecule is CCc1cccc(OCC(N)C(C)CC)c1. The van der Waals surface area contributed by atoms with E-state index in [2.05, 4.69) is 32.9 Å². The van der Waals surface area contributed by atoms with E-state index in [0.29, 0.717) is 12.5 Å². The highest BCUT2D eigenvalue weighted by Gasteiger charge is 2.11. The molecule has 1 aromatic rings. The van der Waals surface area contributed by atoms with Gasteiger partial charge in [0.15, 0.2) is 0 Å². The molecule has 0 aromatic heterocycles. The molecular formula is C14H23NO. The van der Waals surface area contributed by atoms with Gasteiger partial charge in [0.05, 0.1) is 0 Å². The maximum absolute atomic E-state index is 6.02. The van der Waals surface area contributed by atoms with Gasteiger partial charge in [-0.3, -0.25) is 0 Å². The molecule has 2 heteroatoms. The second-order valence-electron chi connectivity index (χ2n) is 4.36. The van der Waals surface area contributed by atoms with Crippen LogP contribution in [0.25, 0.3) is 0 Å². The maximum Gasteiger partial charge on any atom is 0.119 e. The largest absolute Gasteiger partial charge is 0.492 e. The van der Waals surface area contributed by atoms with Gasteiger partial charge in [-0.05, 0) is 30.0 Å². The second kappa shape index (κ2) is 6.54. The van der Waals surface area contributed by atoms with Crippen molar-refractivity contribution in [3.63, 3.8) is 0 Å². The molecule has 0 saturated heterocycles. The molecule has 0 aliphatic carbocycles. The van der Waals surface area contributed by atoms with Crippen LogP contribution in [0.1, 0.15) is 32.8 Å². The van der Waals surface area contributed by atoms with E-state index in [9.17, 15) is 0 Å². The van der Waals surface area contributed by atoms with Gasteiger partial charge < -0.3 is 10.5 Å². The van der Waals surface area contributed by atoms with Crippen LogP contribution in [0, 0.1) is 5.92 Å². The molecule has 0 spiro atoms. The fraction of sp³-hybridized carbons (Fsp3) is 0.571. The van der Waals surface area contributed by atoms with E-state index >= 15 is 0 Å². The van der Waals surface area contributed by atoms with E-state index in [0.717, 1.165) is 18.6 Å². The van der Waals surface area contributed by atoms with Crippen molar-refractivity contribution in [2.45, 2.75) is 39.7 Å². The summed E-state index contributed by atoms with van der Waals surface area (Å²) in [5, 5.41) is 0. The second-order valence-corrected chi connectivity index (χ2v) is 4.36. The molecule has 0 heterocycles. The summed E-state index contributed by atoms with van der Waals surface area (Å²) in [7, 11) is 0. The number of rotatable bonds is 6. The number of hydrogen-bond donors (Lipinski definition) is 1. The minimum atomic E-state index is 0.121. The average Bonchev–Trinajstić information content (AvgIpc) is 2.35. The smallest absolute Gasteiger partial charge is 0.119 e. The first kappa shape index (κ1) is 13.0. The van der Waals surface area contributed by atoms with Gasteiger partial charge in [-0.2, -0.15) is 0 Å². The molecule has 2 nitrogen and oxygen atoms in total. The Labute approximate surface area is 98.8 Å². The lowest BCUT2D eigenvalue weighted by Gasteiger charge is -2.18. The molecule has 0 bridgehead atoms. The predicted molar refractivity (Wildman–Crippen MR) is 68.7 cm³/mol. The van der Waals surface area contributed by atoms with E-state index in [1.54, 1.807) is 0 Å². The van der Waals surface area contributed by atoms with Gasteiger partial charge in [0.2, 0.25) is 0 Å². The van der Waals surface area contributed by atoms with Crippen molar-refractivity contribution in [1.82, 2.24) is 0 Å². The Bertz CT molecular complexity index is 311. The zero-order valence-electron chi connectivity index (χ0n) is 10.6. The summed E-state index contributed by atoms with van der Waals surface area (Å²) in [6, 6.07) is 8.34. The van der Waals surface area contributed by atoms with Gasteiger partial charge in [-0.1, -0.05) is 39.3 Å².